The molecule has 0 unspecified atom stereocenters. The lowest BCUT2D eigenvalue weighted by molar-refractivity contribution is 0.415. The molecule has 2 rings (SSSR count). The molecule has 3 heteroatoms. The molecule has 0 saturated carbocycles. The quantitative estimate of drug-likeness (QED) is 0.784. The van der Waals surface area contributed by atoms with Gasteiger partial charge in [-0.3, -0.25) is 9.98 Å². The molecule has 0 fully saturated rings. The summed E-state index contributed by atoms with van der Waals surface area (Å²) in [5, 5.41) is 0. The Kier molecular flexibility index (Phi) is 4.18. The summed E-state index contributed by atoms with van der Waals surface area (Å²) in [4.78, 5) is 8.61. The van der Waals surface area contributed by atoms with Crippen molar-refractivity contribution in [2.75, 3.05) is 7.11 Å². The zero-order chi connectivity index (χ0) is 14.6. The maximum absolute atomic E-state index is 5.37. The Hall–Kier alpha value is -2.16. The Morgan fingerprint density at radius 2 is 2.00 bits per heavy atom. The normalized spacial score (nSPS) is 11.8. The number of pyridine rings is 1. The highest BCUT2D eigenvalue weighted by molar-refractivity contribution is 5.82. The minimum Gasteiger partial charge on any atom is -0.494 e. The highest BCUT2D eigenvalue weighted by atomic mass is 16.5. The lowest BCUT2D eigenvalue weighted by atomic mass is 9.87. The van der Waals surface area contributed by atoms with E-state index in [1.807, 2.05) is 18.2 Å². The smallest absolute Gasteiger partial charge is 0.144 e. The van der Waals surface area contributed by atoms with E-state index < -0.39 is 0 Å². The lowest BCUT2D eigenvalue weighted by Crippen LogP contribution is -2.10. The Morgan fingerprint density at radius 3 is 2.60 bits per heavy atom. The number of aliphatic imine (C=N–C) groups is 1. The van der Waals surface area contributed by atoms with Crippen molar-refractivity contribution in [1.82, 2.24) is 4.98 Å². The van der Waals surface area contributed by atoms with E-state index in [9.17, 15) is 0 Å². The van der Waals surface area contributed by atoms with Crippen LogP contribution in [-0.4, -0.2) is 18.3 Å². The van der Waals surface area contributed by atoms with Crippen molar-refractivity contribution in [2.45, 2.75) is 26.2 Å². The van der Waals surface area contributed by atoms with Crippen molar-refractivity contribution in [3.8, 4) is 5.75 Å². The maximum Gasteiger partial charge on any atom is 0.144 e. The summed E-state index contributed by atoms with van der Waals surface area (Å²) in [6.07, 6.45) is 5.33. The van der Waals surface area contributed by atoms with Crippen LogP contribution in [0.3, 0.4) is 0 Å². The molecule has 1 heterocycles. The van der Waals surface area contributed by atoms with Crippen LogP contribution < -0.4 is 4.74 Å². The van der Waals surface area contributed by atoms with Gasteiger partial charge in [0.25, 0.3) is 0 Å². The molecule has 0 saturated heterocycles. The summed E-state index contributed by atoms with van der Waals surface area (Å²) in [6, 6.07) is 9.99. The van der Waals surface area contributed by atoms with E-state index in [-0.39, 0.29) is 5.41 Å². The van der Waals surface area contributed by atoms with Crippen LogP contribution >= 0.6 is 0 Å². The van der Waals surface area contributed by atoms with Crippen molar-refractivity contribution < 1.29 is 4.74 Å². The van der Waals surface area contributed by atoms with Gasteiger partial charge in [-0.1, -0.05) is 32.9 Å². The topological polar surface area (TPSA) is 34.5 Å². The largest absolute Gasteiger partial charge is 0.494 e. The number of hydrogen-bond acceptors (Lipinski definition) is 3. The fourth-order valence-corrected chi connectivity index (χ4v) is 1.85. The Morgan fingerprint density at radius 1 is 1.20 bits per heavy atom. The SMILES string of the molecule is COc1ccc(C(C)(C)C)cc1N=Cc1cccnc1. The molecular formula is C17H20N2O. The van der Waals surface area contributed by atoms with Crippen LogP contribution in [0.25, 0.3) is 0 Å². The monoisotopic (exact) mass is 268 g/mol. The molecule has 0 N–H and O–H groups in total. The second kappa shape index (κ2) is 5.87. The Bertz CT molecular complexity index is 598. The van der Waals surface area contributed by atoms with Gasteiger partial charge in [-0.2, -0.15) is 0 Å². The van der Waals surface area contributed by atoms with Crippen molar-refractivity contribution in [1.29, 1.82) is 0 Å². The van der Waals surface area contributed by atoms with Crippen LogP contribution in [0.2, 0.25) is 0 Å². The first-order chi connectivity index (χ1) is 9.50. The first kappa shape index (κ1) is 14.3. The predicted molar refractivity (Wildman–Crippen MR) is 83.2 cm³/mol. The van der Waals surface area contributed by atoms with Gasteiger partial charge in [0.2, 0.25) is 0 Å². The fraction of sp³-hybridized carbons (Fsp3) is 0.294. The molecule has 1 aromatic heterocycles. The first-order valence-corrected chi connectivity index (χ1v) is 6.63. The van der Waals surface area contributed by atoms with Gasteiger partial charge in [-0.25, -0.2) is 0 Å². The van der Waals surface area contributed by atoms with Gasteiger partial charge in [-0.15, -0.1) is 0 Å². The average Bonchev–Trinajstić information content (AvgIpc) is 2.45. The predicted octanol–water partition coefficient (Wildman–Crippen LogP) is 4.14. The van der Waals surface area contributed by atoms with E-state index in [4.69, 9.17) is 4.74 Å². The Labute approximate surface area is 120 Å². The second-order valence-corrected chi connectivity index (χ2v) is 5.68. The van der Waals surface area contributed by atoms with E-state index in [0.717, 1.165) is 17.0 Å². The zero-order valence-corrected chi connectivity index (χ0v) is 12.4. The number of rotatable bonds is 3. The summed E-state index contributed by atoms with van der Waals surface area (Å²) >= 11 is 0. The third-order valence-corrected chi connectivity index (χ3v) is 3.08. The standard InChI is InChI=1S/C17H20N2O/c1-17(2,3)14-7-8-16(20-4)15(10-14)19-12-13-6-5-9-18-11-13/h5-12H,1-4H3. The zero-order valence-electron chi connectivity index (χ0n) is 12.4. The number of hydrogen-bond donors (Lipinski definition) is 0. The van der Waals surface area contributed by atoms with Gasteiger partial charge in [0.05, 0.1) is 7.11 Å². The molecule has 0 aliphatic heterocycles. The van der Waals surface area contributed by atoms with E-state index in [1.54, 1.807) is 25.7 Å². The van der Waals surface area contributed by atoms with Crippen molar-refractivity contribution in [3.05, 3.63) is 53.9 Å². The van der Waals surface area contributed by atoms with Gasteiger partial charge < -0.3 is 4.74 Å². The molecule has 0 bridgehead atoms. The van der Waals surface area contributed by atoms with Gasteiger partial charge >= 0.3 is 0 Å². The maximum atomic E-state index is 5.37. The van der Waals surface area contributed by atoms with E-state index in [2.05, 4.69) is 42.9 Å². The summed E-state index contributed by atoms with van der Waals surface area (Å²) in [5.41, 5.74) is 3.13. The van der Waals surface area contributed by atoms with E-state index >= 15 is 0 Å². The van der Waals surface area contributed by atoms with Gasteiger partial charge in [0, 0.05) is 24.2 Å². The molecular weight excluding hydrogens is 248 g/mol. The molecule has 0 atom stereocenters. The van der Waals surface area contributed by atoms with Gasteiger partial charge in [-0.05, 0) is 29.2 Å². The first-order valence-electron chi connectivity index (χ1n) is 6.63. The third-order valence-electron chi connectivity index (χ3n) is 3.08. The number of benzene rings is 1. The number of ether oxygens (including phenoxy) is 1. The van der Waals surface area contributed by atoms with E-state index in [1.165, 1.54) is 5.56 Å². The molecule has 20 heavy (non-hydrogen) atoms. The van der Waals surface area contributed by atoms with Crippen molar-refractivity contribution in [3.63, 3.8) is 0 Å². The highest BCUT2D eigenvalue weighted by Gasteiger charge is 2.15. The van der Waals surface area contributed by atoms with Crippen LogP contribution in [0.5, 0.6) is 5.75 Å². The minimum absolute atomic E-state index is 0.0881. The van der Waals surface area contributed by atoms with Gasteiger partial charge in [0.1, 0.15) is 11.4 Å². The molecule has 0 radical (unpaired) electrons. The third kappa shape index (κ3) is 3.44. The summed E-state index contributed by atoms with van der Waals surface area (Å²) in [5.74, 6) is 0.776. The van der Waals surface area contributed by atoms with Crippen molar-refractivity contribution >= 4 is 11.9 Å². The van der Waals surface area contributed by atoms with Crippen LogP contribution in [0.4, 0.5) is 5.69 Å². The molecule has 1 aromatic carbocycles. The minimum atomic E-state index is 0.0881. The molecule has 104 valence electrons. The number of methoxy groups -OCH3 is 1. The van der Waals surface area contributed by atoms with Crippen LogP contribution in [-0.2, 0) is 5.41 Å². The Balaban J connectivity index is 2.36. The molecule has 0 spiro atoms. The summed E-state index contributed by atoms with van der Waals surface area (Å²) in [7, 11) is 1.66. The summed E-state index contributed by atoms with van der Waals surface area (Å²) in [6.45, 7) is 6.55. The second-order valence-electron chi connectivity index (χ2n) is 5.68. The van der Waals surface area contributed by atoms with Crippen LogP contribution in [0.1, 0.15) is 31.9 Å². The van der Waals surface area contributed by atoms with Gasteiger partial charge in [0.15, 0.2) is 0 Å². The van der Waals surface area contributed by atoms with E-state index in [0.29, 0.717) is 0 Å². The van der Waals surface area contributed by atoms with Crippen LogP contribution in [0, 0.1) is 0 Å². The lowest BCUT2D eigenvalue weighted by Gasteiger charge is -2.20. The molecule has 2 aromatic rings. The van der Waals surface area contributed by atoms with Crippen molar-refractivity contribution in [2.24, 2.45) is 4.99 Å². The molecule has 0 aliphatic rings. The molecule has 0 aliphatic carbocycles. The fourth-order valence-electron chi connectivity index (χ4n) is 1.85. The van der Waals surface area contributed by atoms with Crippen LogP contribution in [0.15, 0.2) is 47.7 Å². The number of nitrogens with zero attached hydrogens (tertiary/aromatic N) is 2. The highest BCUT2D eigenvalue weighted by Crippen LogP contribution is 2.33. The number of aromatic nitrogens is 1. The molecule has 3 nitrogen and oxygen atoms in total. The molecule has 0 amide bonds. The average molecular weight is 268 g/mol. The summed E-state index contributed by atoms with van der Waals surface area (Å²) < 4.78 is 5.37.